The summed E-state index contributed by atoms with van der Waals surface area (Å²) in [5, 5.41) is 3.06. The summed E-state index contributed by atoms with van der Waals surface area (Å²) in [6.45, 7) is 3.89. The minimum Gasteiger partial charge on any atom is -0.354 e. The summed E-state index contributed by atoms with van der Waals surface area (Å²) in [5.74, 6) is -0.786. The van der Waals surface area contributed by atoms with Crippen LogP contribution in [-0.2, 0) is 26.2 Å². The molecule has 2 amide bonds. The van der Waals surface area contributed by atoms with Crippen LogP contribution < -0.4 is 9.62 Å². The average molecular weight is 542 g/mol. The maximum atomic E-state index is 13.9. The molecular weight excluding hydrogens is 510 g/mol. The van der Waals surface area contributed by atoms with E-state index < -0.39 is 28.5 Å². The van der Waals surface area contributed by atoms with Gasteiger partial charge in [0.25, 0.3) is 10.0 Å². The van der Waals surface area contributed by atoms with Crippen LogP contribution in [0.5, 0.6) is 0 Å². The van der Waals surface area contributed by atoms with Gasteiger partial charge in [0.2, 0.25) is 11.8 Å². The third kappa shape index (κ3) is 7.11. The van der Waals surface area contributed by atoms with Gasteiger partial charge < -0.3 is 10.2 Å². The van der Waals surface area contributed by atoms with Crippen LogP contribution in [0.1, 0.15) is 32.3 Å². The van der Waals surface area contributed by atoms with E-state index in [1.165, 1.54) is 17.0 Å². The zero-order valence-electron chi connectivity index (χ0n) is 21.0. The standard InChI is InChI=1S/C28H32ClN3O4S/c1-3-19-30-28(34)25(4-2)31(20-22-13-7-5-8-14-22)27(33)21-32(26-18-12-11-17-24(26)29)37(35,36)23-15-9-6-10-16-23/h5-18,25H,3-4,19-21H2,1-2H3,(H,30,34)/t25-/m0/s1. The van der Waals surface area contributed by atoms with Crippen LogP contribution in [0.2, 0.25) is 5.02 Å². The highest BCUT2D eigenvalue weighted by Gasteiger charge is 2.34. The van der Waals surface area contributed by atoms with Crippen molar-refractivity contribution in [2.75, 3.05) is 17.4 Å². The first-order valence-electron chi connectivity index (χ1n) is 12.2. The molecule has 0 aliphatic carbocycles. The third-order valence-corrected chi connectivity index (χ3v) is 7.96. The highest BCUT2D eigenvalue weighted by atomic mass is 35.5. The first kappa shape index (κ1) is 28.2. The Bertz CT molecular complexity index is 1290. The van der Waals surface area contributed by atoms with Gasteiger partial charge in [-0.25, -0.2) is 8.42 Å². The highest BCUT2D eigenvalue weighted by molar-refractivity contribution is 7.92. The van der Waals surface area contributed by atoms with Crippen molar-refractivity contribution in [3.05, 3.63) is 95.5 Å². The van der Waals surface area contributed by atoms with Crippen molar-refractivity contribution in [2.24, 2.45) is 0 Å². The van der Waals surface area contributed by atoms with Gasteiger partial charge in [0.15, 0.2) is 0 Å². The lowest BCUT2D eigenvalue weighted by Gasteiger charge is -2.33. The molecule has 0 heterocycles. The Labute approximate surface area is 224 Å². The molecule has 3 aromatic carbocycles. The quantitative estimate of drug-likeness (QED) is 0.354. The lowest BCUT2D eigenvalue weighted by Crippen LogP contribution is -2.52. The fraction of sp³-hybridized carbons (Fsp3) is 0.286. The van der Waals surface area contributed by atoms with Gasteiger partial charge in [-0.2, -0.15) is 0 Å². The van der Waals surface area contributed by atoms with E-state index in [1.807, 2.05) is 44.2 Å². The molecule has 0 spiro atoms. The molecule has 0 aliphatic heterocycles. The van der Waals surface area contributed by atoms with Gasteiger partial charge in [0.1, 0.15) is 12.6 Å². The number of sulfonamides is 1. The van der Waals surface area contributed by atoms with Crippen molar-refractivity contribution in [1.82, 2.24) is 10.2 Å². The Balaban J connectivity index is 2.04. The van der Waals surface area contributed by atoms with Crippen molar-refractivity contribution in [1.29, 1.82) is 0 Å². The number of nitrogens with one attached hydrogen (secondary N) is 1. The molecule has 0 aliphatic rings. The summed E-state index contributed by atoms with van der Waals surface area (Å²) in [4.78, 5) is 28.4. The fourth-order valence-corrected chi connectivity index (χ4v) is 5.69. The molecule has 1 N–H and O–H groups in total. The molecule has 0 saturated carbocycles. The van der Waals surface area contributed by atoms with Crippen LogP contribution in [0.4, 0.5) is 5.69 Å². The maximum absolute atomic E-state index is 13.9. The van der Waals surface area contributed by atoms with Crippen LogP contribution in [0, 0.1) is 0 Å². The van der Waals surface area contributed by atoms with E-state index in [-0.39, 0.29) is 28.1 Å². The summed E-state index contributed by atoms with van der Waals surface area (Å²) in [6.07, 6.45) is 1.12. The van der Waals surface area contributed by atoms with Crippen LogP contribution in [0.15, 0.2) is 89.8 Å². The SMILES string of the molecule is CCCNC(=O)[C@H](CC)N(Cc1ccccc1)C(=O)CN(c1ccccc1Cl)S(=O)(=O)c1ccccc1. The van der Waals surface area contributed by atoms with Crippen LogP contribution in [-0.4, -0.2) is 44.3 Å². The second-order valence-electron chi connectivity index (χ2n) is 8.50. The fourth-order valence-electron chi connectivity index (χ4n) is 3.95. The minimum atomic E-state index is -4.14. The first-order chi connectivity index (χ1) is 17.8. The van der Waals surface area contributed by atoms with E-state index in [4.69, 9.17) is 11.6 Å². The Kier molecular flexibility index (Phi) is 10.1. The zero-order chi connectivity index (χ0) is 26.8. The number of anilines is 1. The molecule has 0 unspecified atom stereocenters. The predicted octanol–water partition coefficient (Wildman–Crippen LogP) is 4.87. The molecule has 0 bridgehead atoms. The van der Waals surface area contributed by atoms with Crippen LogP contribution >= 0.6 is 11.6 Å². The minimum absolute atomic E-state index is 0.0325. The summed E-state index contributed by atoms with van der Waals surface area (Å²) >= 11 is 6.41. The van der Waals surface area contributed by atoms with E-state index in [0.29, 0.717) is 13.0 Å². The molecule has 0 aromatic heterocycles. The number of nitrogens with zero attached hydrogens (tertiary/aromatic N) is 2. The number of benzene rings is 3. The second kappa shape index (κ2) is 13.3. The topological polar surface area (TPSA) is 86.8 Å². The van der Waals surface area contributed by atoms with Gasteiger partial charge in [-0.3, -0.25) is 13.9 Å². The number of carbonyl (C=O) groups is 2. The summed E-state index contributed by atoms with van der Waals surface area (Å²) in [7, 11) is -4.14. The Morgan fingerprint density at radius 1 is 0.892 bits per heavy atom. The second-order valence-corrected chi connectivity index (χ2v) is 10.8. The molecule has 0 saturated heterocycles. The molecule has 37 heavy (non-hydrogen) atoms. The summed E-state index contributed by atoms with van der Waals surface area (Å²) in [5.41, 5.74) is 1.01. The predicted molar refractivity (Wildman–Crippen MR) is 147 cm³/mol. The Morgan fingerprint density at radius 3 is 2.08 bits per heavy atom. The van der Waals surface area contributed by atoms with E-state index in [2.05, 4.69) is 5.32 Å². The van der Waals surface area contributed by atoms with Crippen molar-refractivity contribution in [3.8, 4) is 0 Å². The largest absolute Gasteiger partial charge is 0.354 e. The number of halogens is 1. The molecule has 196 valence electrons. The van der Waals surface area contributed by atoms with Crippen molar-refractivity contribution < 1.29 is 18.0 Å². The van der Waals surface area contributed by atoms with Crippen LogP contribution in [0.25, 0.3) is 0 Å². The Morgan fingerprint density at radius 2 is 1.49 bits per heavy atom. The Hall–Kier alpha value is -3.36. The number of rotatable bonds is 12. The van der Waals surface area contributed by atoms with E-state index in [1.54, 1.807) is 42.5 Å². The number of amides is 2. The van der Waals surface area contributed by atoms with Gasteiger partial charge in [-0.1, -0.05) is 86.1 Å². The smallest absolute Gasteiger partial charge is 0.264 e. The van der Waals surface area contributed by atoms with Gasteiger partial charge in [0.05, 0.1) is 15.6 Å². The first-order valence-corrected chi connectivity index (χ1v) is 14.0. The van der Waals surface area contributed by atoms with Crippen molar-refractivity contribution in [2.45, 2.75) is 44.2 Å². The lowest BCUT2D eigenvalue weighted by molar-refractivity contribution is -0.140. The molecular formula is C28H32ClN3O4S. The van der Waals surface area contributed by atoms with E-state index in [9.17, 15) is 18.0 Å². The molecule has 1 atom stereocenters. The molecule has 7 nitrogen and oxygen atoms in total. The third-order valence-electron chi connectivity index (χ3n) is 5.86. The lowest BCUT2D eigenvalue weighted by atomic mass is 10.1. The van der Waals surface area contributed by atoms with Gasteiger partial charge >= 0.3 is 0 Å². The normalized spacial score (nSPS) is 12.0. The van der Waals surface area contributed by atoms with Crippen molar-refractivity contribution >= 4 is 39.1 Å². The number of carbonyl (C=O) groups excluding carboxylic acids is 2. The molecule has 0 fully saturated rings. The monoisotopic (exact) mass is 541 g/mol. The summed E-state index contributed by atoms with van der Waals surface area (Å²) < 4.78 is 28.5. The maximum Gasteiger partial charge on any atom is 0.264 e. The van der Waals surface area contributed by atoms with Gasteiger partial charge in [-0.15, -0.1) is 0 Å². The van der Waals surface area contributed by atoms with Crippen molar-refractivity contribution in [3.63, 3.8) is 0 Å². The zero-order valence-corrected chi connectivity index (χ0v) is 22.6. The molecule has 0 radical (unpaired) electrons. The van der Waals surface area contributed by atoms with E-state index in [0.717, 1.165) is 16.3 Å². The average Bonchev–Trinajstić information content (AvgIpc) is 2.91. The van der Waals surface area contributed by atoms with Gasteiger partial charge in [-0.05, 0) is 42.7 Å². The number of hydrogen-bond donors (Lipinski definition) is 1. The number of para-hydroxylation sites is 1. The van der Waals surface area contributed by atoms with Crippen LogP contribution in [0.3, 0.4) is 0 Å². The highest BCUT2D eigenvalue weighted by Crippen LogP contribution is 2.30. The van der Waals surface area contributed by atoms with Gasteiger partial charge in [0, 0.05) is 13.1 Å². The number of hydrogen-bond acceptors (Lipinski definition) is 4. The summed E-state index contributed by atoms with van der Waals surface area (Å²) in [6, 6.07) is 22.9. The molecule has 3 rings (SSSR count). The molecule has 9 heteroatoms. The molecule has 3 aromatic rings. The van der Waals surface area contributed by atoms with E-state index >= 15 is 0 Å².